The largest absolute Gasteiger partial charge is 0.347 e. The topological polar surface area (TPSA) is 80.2 Å². The molecule has 0 spiro atoms. The predicted molar refractivity (Wildman–Crippen MR) is 86.2 cm³/mol. The van der Waals surface area contributed by atoms with Gasteiger partial charge in [0.05, 0.1) is 6.26 Å². The highest BCUT2D eigenvalue weighted by atomic mass is 32.2. The standard InChI is InChI=1S/C15H19N3O3S/c1-11-7-8-14(18(11)2)15(19)16-10-12-5-4-6-13(9-12)17-22(3,20)21/h4-9,17H,10H2,1-3H3,(H,16,19). The maximum atomic E-state index is 12.1. The minimum atomic E-state index is -3.31. The number of carbonyl (C=O) groups is 1. The molecule has 118 valence electrons. The van der Waals surface area contributed by atoms with Crippen LogP contribution in [-0.4, -0.2) is 25.1 Å². The Labute approximate surface area is 130 Å². The van der Waals surface area contributed by atoms with Gasteiger partial charge in [-0.1, -0.05) is 12.1 Å². The Morgan fingerprint density at radius 1 is 1.23 bits per heavy atom. The molecule has 0 atom stereocenters. The third-order valence-corrected chi connectivity index (χ3v) is 3.90. The lowest BCUT2D eigenvalue weighted by molar-refractivity contribution is 0.0942. The maximum absolute atomic E-state index is 12.1. The van der Waals surface area contributed by atoms with Gasteiger partial charge in [-0.05, 0) is 36.8 Å². The summed E-state index contributed by atoms with van der Waals surface area (Å²) in [5.74, 6) is -0.169. The molecule has 0 bridgehead atoms. The summed E-state index contributed by atoms with van der Waals surface area (Å²) in [6.45, 7) is 2.25. The van der Waals surface area contributed by atoms with E-state index in [1.54, 1.807) is 24.3 Å². The number of aromatic nitrogens is 1. The van der Waals surface area contributed by atoms with Crippen LogP contribution in [0.3, 0.4) is 0 Å². The summed E-state index contributed by atoms with van der Waals surface area (Å²) in [6.07, 6.45) is 1.10. The van der Waals surface area contributed by atoms with Gasteiger partial charge < -0.3 is 9.88 Å². The summed E-state index contributed by atoms with van der Waals surface area (Å²) in [7, 11) is -1.48. The van der Waals surface area contributed by atoms with Gasteiger partial charge in [-0.2, -0.15) is 0 Å². The molecule has 22 heavy (non-hydrogen) atoms. The fraction of sp³-hybridized carbons (Fsp3) is 0.267. The van der Waals surface area contributed by atoms with E-state index in [1.165, 1.54) is 0 Å². The molecule has 0 fully saturated rings. The third kappa shape index (κ3) is 4.11. The van der Waals surface area contributed by atoms with Crippen LogP contribution in [-0.2, 0) is 23.6 Å². The quantitative estimate of drug-likeness (QED) is 0.878. The first-order chi connectivity index (χ1) is 10.3. The summed E-state index contributed by atoms with van der Waals surface area (Å²) in [5.41, 5.74) is 2.88. The minimum Gasteiger partial charge on any atom is -0.347 e. The number of hydrogen-bond donors (Lipinski definition) is 2. The van der Waals surface area contributed by atoms with Crippen molar-refractivity contribution < 1.29 is 13.2 Å². The SMILES string of the molecule is Cc1ccc(C(=O)NCc2cccc(NS(C)(=O)=O)c2)n1C. The molecule has 6 nitrogen and oxygen atoms in total. The number of benzene rings is 1. The molecular formula is C15H19N3O3S. The average molecular weight is 321 g/mol. The van der Waals surface area contributed by atoms with Gasteiger partial charge in [0.2, 0.25) is 10.0 Å². The Morgan fingerprint density at radius 3 is 2.55 bits per heavy atom. The van der Waals surface area contributed by atoms with Crippen LogP contribution in [0.1, 0.15) is 21.7 Å². The van der Waals surface area contributed by atoms with Crippen molar-refractivity contribution in [2.24, 2.45) is 7.05 Å². The van der Waals surface area contributed by atoms with Crippen molar-refractivity contribution in [3.05, 3.63) is 53.3 Å². The highest BCUT2D eigenvalue weighted by molar-refractivity contribution is 7.92. The zero-order valence-corrected chi connectivity index (χ0v) is 13.6. The second kappa shape index (κ2) is 6.23. The summed E-state index contributed by atoms with van der Waals surface area (Å²) < 4.78 is 26.7. The molecule has 0 saturated carbocycles. The molecule has 0 radical (unpaired) electrons. The molecule has 1 heterocycles. The van der Waals surface area contributed by atoms with Gasteiger partial charge in [0, 0.05) is 25.0 Å². The van der Waals surface area contributed by atoms with E-state index in [0.29, 0.717) is 17.9 Å². The Morgan fingerprint density at radius 2 is 1.95 bits per heavy atom. The summed E-state index contributed by atoms with van der Waals surface area (Å²) in [5, 5.41) is 2.82. The van der Waals surface area contributed by atoms with Crippen LogP contribution in [0.25, 0.3) is 0 Å². The zero-order chi connectivity index (χ0) is 16.3. The van der Waals surface area contributed by atoms with Crippen molar-refractivity contribution in [1.82, 2.24) is 9.88 Å². The fourth-order valence-electron chi connectivity index (χ4n) is 2.07. The average Bonchev–Trinajstić information content (AvgIpc) is 2.75. The molecule has 0 aliphatic carbocycles. The molecule has 1 amide bonds. The first-order valence-electron chi connectivity index (χ1n) is 6.73. The van der Waals surface area contributed by atoms with Crippen LogP contribution in [0.4, 0.5) is 5.69 Å². The molecule has 0 aliphatic heterocycles. The van der Waals surface area contributed by atoms with Crippen LogP contribution < -0.4 is 10.0 Å². The number of nitrogens with one attached hydrogen (secondary N) is 2. The molecule has 1 aromatic carbocycles. The number of hydrogen-bond acceptors (Lipinski definition) is 3. The van der Waals surface area contributed by atoms with E-state index in [4.69, 9.17) is 0 Å². The van der Waals surface area contributed by atoms with Crippen LogP contribution in [0.2, 0.25) is 0 Å². The molecule has 2 N–H and O–H groups in total. The van der Waals surface area contributed by atoms with Crippen LogP contribution in [0.15, 0.2) is 36.4 Å². The Kier molecular flexibility index (Phi) is 4.56. The summed E-state index contributed by atoms with van der Waals surface area (Å²) in [6, 6.07) is 10.6. The second-order valence-electron chi connectivity index (χ2n) is 5.18. The van der Waals surface area contributed by atoms with Crippen molar-refractivity contribution in [2.75, 3.05) is 11.0 Å². The van der Waals surface area contributed by atoms with Crippen molar-refractivity contribution >= 4 is 21.6 Å². The summed E-state index contributed by atoms with van der Waals surface area (Å²) in [4.78, 5) is 12.1. The number of sulfonamides is 1. The van der Waals surface area contributed by atoms with E-state index in [0.717, 1.165) is 17.5 Å². The Bertz CT molecular complexity index is 794. The van der Waals surface area contributed by atoms with Gasteiger partial charge in [-0.3, -0.25) is 9.52 Å². The first kappa shape index (κ1) is 16.1. The first-order valence-corrected chi connectivity index (χ1v) is 8.62. The highest BCUT2D eigenvalue weighted by Gasteiger charge is 2.10. The lowest BCUT2D eigenvalue weighted by Gasteiger charge is -2.09. The van der Waals surface area contributed by atoms with Crippen LogP contribution in [0, 0.1) is 6.92 Å². The van der Waals surface area contributed by atoms with E-state index in [2.05, 4.69) is 10.0 Å². The van der Waals surface area contributed by atoms with E-state index >= 15 is 0 Å². The van der Waals surface area contributed by atoms with Gasteiger partial charge in [-0.15, -0.1) is 0 Å². The van der Waals surface area contributed by atoms with Gasteiger partial charge >= 0.3 is 0 Å². The molecule has 1 aromatic heterocycles. The van der Waals surface area contributed by atoms with Gasteiger partial charge in [0.15, 0.2) is 0 Å². The number of amides is 1. The van der Waals surface area contributed by atoms with Crippen molar-refractivity contribution in [3.63, 3.8) is 0 Å². The lowest BCUT2D eigenvalue weighted by atomic mass is 10.2. The van der Waals surface area contributed by atoms with Crippen LogP contribution >= 0.6 is 0 Å². The van der Waals surface area contributed by atoms with Crippen molar-refractivity contribution in [2.45, 2.75) is 13.5 Å². The third-order valence-electron chi connectivity index (χ3n) is 3.29. The van der Waals surface area contributed by atoms with Gasteiger partial charge in [0.1, 0.15) is 5.69 Å². The van der Waals surface area contributed by atoms with Gasteiger partial charge in [-0.25, -0.2) is 8.42 Å². The Balaban J connectivity index is 2.04. The molecular weight excluding hydrogens is 302 g/mol. The monoisotopic (exact) mass is 321 g/mol. The van der Waals surface area contributed by atoms with Crippen molar-refractivity contribution in [3.8, 4) is 0 Å². The van der Waals surface area contributed by atoms with E-state index in [9.17, 15) is 13.2 Å². The van der Waals surface area contributed by atoms with E-state index in [-0.39, 0.29) is 5.91 Å². The Hall–Kier alpha value is -2.28. The number of carbonyl (C=O) groups excluding carboxylic acids is 1. The number of anilines is 1. The van der Waals surface area contributed by atoms with Crippen LogP contribution in [0.5, 0.6) is 0 Å². The molecule has 0 aliphatic rings. The minimum absolute atomic E-state index is 0.169. The lowest BCUT2D eigenvalue weighted by Crippen LogP contribution is -2.25. The predicted octanol–water partition coefficient (Wildman–Crippen LogP) is 1.64. The number of rotatable bonds is 5. The molecule has 2 rings (SSSR count). The molecule has 0 unspecified atom stereocenters. The molecule has 0 saturated heterocycles. The number of nitrogens with zero attached hydrogens (tertiary/aromatic N) is 1. The summed E-state index contributed by atoms with van der Waals surface area (Å²) >= 11 is 0. The maximum Gasteiger partial charge on any atom is 0.268 e. The number of aryl methyl sites for hydroxylation is 1. The molecule has 2 aromatic rings. The molecule has 7 heteroatoms. The second-order valence-corrected chi connectivity index (χ2v) is 6.92. The zero-order valence-electron chi connectivity index (χ0n) is 12.8. The normalized spacial score (nSPS) is 11.2. The smallest absolute Gasteiger partial charge is 0.268 e. The van der Waals surface area contributed by atoms with Gasteiger partial charge in [0.25, 0.3) is 5.91 Å². The van der Waals surface area contributed by atoms with E-state index < -0.39 is 10.0 Å². The fourth-order valence-corrected chi connectivity index (χ4v) is 2.63. The van der Waals surface area contributed by atoms with E-state index in [1.807, 2.05) is 30.7 Å². The van der Waals surface area contributed by atoms with Crippen molar-refractivity contribution in [1.29, 1.82) is 0 Å². The highest BCUT2D eigenvalue weighted by Crippen LogP contribution is 2.12.